The molecule has 1 aromatic carbocycles. The second-order valence-corrected chi connectivity index (χ2v) is 2.62. The third kappa shape index (κ3) is 0.567. The quantitative estimate of drug-likeness (QED) is 0.543. The fourth-order valence-electron chi connectivity index (χ4n) is 1.38. The lowest BCUT2D eigenvalue weighted by Gasteiger charge is -1.86. The van der Waals surface area contributed by atoms with E-state index in [9.17, 15) is 0 Å². The van der Waals surface area contributed by atoms with Crippen molar-refractivity contribution in [3.63, 3.8) is 0 Å². The molecule has 1 N–H and O–H groups in total. The molecule has 0 aliphatic heterocycles. The number of benzene rings is 1. The minimum absolute atomic E-state index is 0.724. The summed E-state index contributed by atoms with van der Waals surface area (Å²) in [6, 6.07) is 5.76. The molecule has 0 aliphatic rings. The average molecular weight is 159 g/mol. The molecule has 0 unspecified atom stereocenters. The van der Waals surface area contributed by atoms with Gasteiger partial charge in [-0.3, -0.25) is 0 Å². The maximum absolute atomic E-state index is 4.92. The van der Waals surface area contributed by atoms with Gasteiger partial charge in [0.05, 0.1) is 0 Å². The average Bonchev–Trinajstić information content (AvgIpc) is 2.71. The number of aromatic amines is 1. The summed E-state index contributed by atoms with van der Waals surface area (Å²) in [5.41, 5.74) is 2.59. The molecule has 0 saturated heterocycles. The SMILES string of the molecule is c1cc2c(ccc3onnc32)[nH]1. The molecule has 0 saturated carbocycles. The summed E-state index contributed by atoms with van der Waals surface area (Å²) in [5, 5.41) is 8.42. The van der Waals surface area contributed by atoms with Gasteiger partial charge in [0.25, 0.3) is 0 Å². The van der Waals surface area contributed by atoms with Gasteiger partial charge in [0.2, 0.25) is 0 Å². The topological polar surface area (TPSA) is 54.7 Å². The van der Waals surface area contributed by atoms with Crippen LogP contribution in [0.5, 0.6) is 0 Å². The lowest BCUT2D eigenvalue weighted by molar-refractivity contribution is 0.424. The van der Waals surface area contributed by atoms with Gasteiger partial charge in [-0.05, 0) is 18.2 Å². The normalized spacial score (nSPS) is 11.3. The zero-order chi connectivity index (χ0) is 7.97. The summed E-state index contributed by atoms with van der Waals surface area (Å²) in [5.74, 6) is 0. The number of fused-ring (bicyclic) bond motifs is 3. The van der Waals surface area contributed by atoms with Gasteiger partial charge >= 0.3 is 0 Å². The molecule has 2 aromatic heterocycles. The van der Waals surface area contributed by atoms with Gasteiger partial charge < -0.3 is 9.51 Å². The first-order valence-corrected chi connectivity index (χ1v) is 3.63. The molecule has 0 atom stereocenters. The monoisotopic (exact) mass is 159 g/mol. The molecule has 0 radical (unpaired) electrons. The van der Waals surface area contributed by atoms with Crippen molar-refractivity contribution >= 4 is 22.0 Å². The molecule has 0 spiro atoms. The molecule has 0 amide bonds. The van der Waals surface area contributed by atoms with Crippen molar-refractivity contribution in [3.05, 3.63) is 24.4 Å². The van der Waals surface area contributed by atoms with E-state index < -0.39 is 0 Å². The Morgan fingerprint density at radius 3 is 3.25 bits per heavy atom. The molecule has 0 aliphatic carbocycles. The third-order valence-corrected chi connectivity index (χ3v) is 1.95. The van der Waals surface area contributed by atoms with Gasteiger partial charge in [-0.25, -0.2) is 0 Å². The smallest absolute Gasteiger partial charge is 0.188 e. The van der Waals surface area contributed by atoms with Gasteiger partial charge in [-0.1, -0.05) is 0 Å². The maximum atomic E-state index is 4.92. The van der Waals surface area contributed by atoms with Crippen LogP contribution in [0.1, 0.15) is 0 Å². The van der Waals surface area contributed by atoms with Crippen LogP contribution in [0, 0.1) is 0 Å². The number of nitrogens with zero attached hydrogens (tertiary/aromatic N) is 2. The highest BCUT2D eigenvalue weighted by atomic mass is 16.5. The standard InChI is InChI=1S/C8H5N3O/c1-2-7-8(10-11-12-7)5-3-4-9-6(1)5/h1-4,9H. The summed E-state index contributed by atoms with van der Waals surface area (Å²) in [6.45, 7) is 0. The Bertz CT molecular complexity index is 487. The predicted molar refractivity (Wildman–Crippen MR) is 43.7 cm³/mol. The molecule has 58 valence electrons. The Labute approximate surface area is 67.2 Å². The Kier molecular flexibility index (Phi) is 0.889. The summed E-state index contributed by atoms with van der Waals surface area (Å²) in [4.78, 5) is 3.09. The van der Waals surface area contributed by atoms with Crippen molar-refractivity contribution in [1.82, 2.24) is 15.4 Å². The van der Waals surface area contributed by atoms with Crippen LogP contribution in [-0.2, 0) is 0 Å². The van der Waals surface area contributed by atoms with E-state index in [1.807, 2.05) is 24.4 Å². The van der Waals surface area contributed by atoms with Crippen LogP contribution >= 0.6 is 0 Å². The fourth-order valence-corrected chi connectivity index (χ4v) is 1.38. The van der Waals surface area contributed by atoms with Crippen molar-refractivity contribution < 1.29 is 4.52 Å². The van der Waals surface area contributed by atoms with E-state index in [-0.39, 0.29) is 0 Å². The Morgan fingerprint density at radius 1 is 1.25 bits per heavy atom. The predicted octanol–water partition coefficient (Wildman–Crippen LogP) is 1.70. The van der Waals surface area contributed by atoms with Crippen LogP contribution in [-0.4, -0.2) is 15.4 Å². The maximum Gasteiger partial charge on any atom is 0.188 e. The largest absolute Gasteiger partial charge is 0.361 e. The Morgan fingerprint density at radius 2 is 2.25 bits per heavy atom. The summed E-state index contributed by atoms with van der Waals surface area (Å²) in [7, 11) is 0. The van der Waals surface area contributed by atoms with Crippen LogP contribution in [0.15, 0.2) is 28.9 Å². The van der Waals surface area contributed by atoms with E-state index >= 15 is 0 Å². The van der Waals surface area contributed by atoms with Gasteiger partial charge in [-0.15, -0.1) is 5.10 Å². The number of aromatic nitrogens is 3. The van der Waals surface area contributed by atoms with Crippen LogP contribution in [0.4, 0.5) is 0 Å². The molecular formula is C8H5N3O. The van der Waals surface area contributed by atoms with Crippen molar-refractivity contribution in [2.45, 2.75) is 0 Å². The molecular weight excluding hydrogens is 154 g/mol. The molecule has 12 heavy (non-hydrogen) atoms. The number of nitrogens with one attached hydrogen (secondary N) is 1. The molecule has 3 aromatic rings. The van der Waals surface area contributed by atoms with Gasteiger partial charge in [-0.2, -0.15) is 0 Å². The van der Waals surface area contributed by atoms with Crippen LogP contribution in [0.3, 0.4) is 0 Å². The summed E-state index contributed by atoms with van der Waals surface area (Å²) < 4.78 is 4.92. The second kappa shape index (κ2) is 1.85. The number of H-pyrrole nitrogens is 1. The van der Waals surface area contributed by atoms with E-state index in [2.05, 4.69) is 15.4 Å². The van der Waals surface area contributed by atoms with E-state index in [4.69, 9.17) is 4.52 Å². The molecule has 3 rings (SSSR count). The van der Waals surface area contributed by atoms with Gasteiger partial charge in [0, 0.05) is 22.4 Å². The lowest BCUT2D eigenvalue weighted by Crippen LogP contribution is -1.70. The van der Waals surface area contributed by atoms with Crippen molar-refractivity contribution in [3.8, 4) is 0 Å². The highest BCUT2D eigenvalue weighted by Gasteiger charge is 2.04. The van der Waals surface area contributed by atoms with Crippen LogP contribution in [0.25, 0.3) is 22.0 Å². The summed E-state index contributed by atoms with van der Waals surface area (Å²) >= 11 is 0. The highest BCUT2D eigenvalue weighted by molar-refractivity contribution is 6.01. The van der Waals surface area contributed by atoms with Crippen LogP contribution in [0.2, 0.25) is 0 Å². The van der Waals surface area contributed by atoms with E-state index in [0.717, 1.165) is 22.0 Å². The number of hydrogen-bond acceptors (Lipinski definition) is 3. The molecule has 4 nitrogen and oxygen atoms in total. The first-order chi connectivity index (χ1) is 5.95. The van der Waals surface area contributed by atoms with Gasteiger partial charge in [0.1, 0.15) is 5.52 Å². The van der Waals surface area contributed by atoms with E-state index in [1.54, 1.807) is 0 Å². The zero-order valence-electron chi connectivity index (χ0n) is 6.11. The summed E-state index contributed by atoms with van der Waals surface area (Å²) in [6.07, 6.45) is 1.87. The van der Waals surface area contributed by atoms with Crippen LogP contribution < -0.4 is 0 Å². The molecule has 0 bridgehead atoms. The van der Waals surface area contributed by atoms with Crippen molar-refractivity contribution in [1.29, 1.82) is 0 Å². The number of rotatable bonds is 0. The second-order valence-electron chi connectivity index (χ2n) is 2.62. The fraction of sp³-hybridized carbons (Fsp3) is 0. The minimum Gasteiger partial charge on any atom is -0.361 e. The Balaban J connectivity index is 2.71. The van der Waals surface area contributed by atoms with Crippen molar-refractivity contribution in [2.75, 3.05) is 0 Å². The first kappa shape index (κ1) is 5.77. The van der Waals surface area contributed by atoms with E-state index in [0.29, 0.717) is 0 Å². The third-order valence-electron chi connectivity index (χ3n) is 1.95. The molecule has 2 heterocycles. The first-order valence-electron chi connectivity index (χ1n) is 3.63. The Hall–Kier alpha value is -1.84. The van der Waals surface area contributed by atoms with E-state index in [1.165, 1.54) is 0 Å². The number of hydrogen-bond donors (Lipinski definition) is 1. The molecule has 0 fully saturated rings. The van der Waals surface area contributed by atoms with Gasteiger partial charge in [0.15, 0.2) is 5.58 Å². The minimum atomic E-state index is 0.724. The lowest BCUT2D eigenvalue weighted by atomic mass is 10.2. The highest BCUT2D eigenvalue weighted by Crippen LogP contribution is 2.21. The zero-order valence-corrected chi connectivity index (χ0v) is 6.11. The van der Waals surface area contributed by atoms with Crippen molar-refractivity contribution in [2.24, 2.45) is 0 Å². The molecule has 4 heteroatoms.